The van der Waals surface area contributed by atoms with Gasteiger partial charge in [0.15, 0.2) is 0 Å². The lowest BCUT2D eigenvalue weighted by molar-refractivity contribution is -0.131. The van der Waals surface area contributed by atoms with Crippen molar-refractivity contribution in [3.05, 3.63) is 47.5 Å². The molecule has 3 heterocycles. The van der Waals surface area contributed by atoms with Crippen LogP contribution in [0, 0.1) is 5.82 Å². The Labute approximate surface area is 158 Å². The third-order valence-electron chi connectivity index (χ3n) is 5.38. The maximum Gasteiger partial charge on any atom is 0.236 e. The van der Waals surface area contributed by atoms with Crippen LogP contribution in [0.5, 0.6) is 5.75 Å². The number of aromatic nitrogens is 2. The molecular formula is C20H25FN4O2. The van der Waals surface area contributed by atoms with Crippen LogP contribution in [-0.2, 0) is 11.4 Å². The van der Waals surface area contributed by atoms with E-state index in [2.05, 4.69) is 15.1 Å². The van der Waals surface area contributed by atoms with Gasteiger partial charge in [-0.3, -0.25) is 14.8 Å². The number of benzene rings is 1. The van der Waals surface area contributed by atoms with E-state index in [1.807, 2.05) is 11.0 Å². The molecule has 0 aliphatic carbocycles. The standard InChI is InChI=1S/C20H25FN4O2/c21-16-3-5-18(6-4-16)27-14-17-11-19(23-22-17)15-7-10-25(12-15)20(26)13-24-8-1-2-9-24/h3-6,11,15H,1-2,7-10,12-14H2,(H,22,23)/t15-/m0/s1. The lowest BCUT2D eigenvalue weighted by Crippen LogP contribution is -2.38. The number of amides is 1. The number of aromatic amines is 1. The first-order valence-corrected chi connectivity index (χ1v) is 9.60. The molecular weight excluding hydrogens is 347 g/mol. The van der Waals surface area contributed by atoms with Crippen LogP contribution in [0.25, 0.3) is 0 Å². The molecule has 2 aliphatic rings. The zero-order chi connectivity index (χ0) is 18.6. The average molecular weight is 372 g/mol. The second kappa shape index (κ2) is 8.08. The second-order valence-corrected chi connectivity index (χ2v) is 7.37. The van der Waals surface area contributed by atoms with Crippen LogP contribution in [0.1, 0.15) is 36.6 Å². The number of hydrogen-bond acceptors (Lipinski definition) is 4. The van der Waals surface area contributed by atoms with Crippen LogP contribution in [-0.4, -0.2) is 58.6 Å². The van der Waals surface area contributed by atoms with Gasteiger partial charge in [-0.1, -0.05) is 0 Å². The number of carbonyl (C=O) groups excluding carboxylic acids is 1. The SMILES string of the molecule is O=C(CN1CCCC1)N1CC[C@H](c2cc(COc3ccc(F)cc3)[nH]n2)C1. The molecule has 1 aromatic carbocycles. The minimum atomic E-state index is -0.281. The second-order valence-electron chi connectivity index (χ2n) is 7.37. The number of hydrogen-bond donors (Lipinski definition) is 1. The lowest BCUT2D eigenvalue weighted by Gasteiger charge is -2.20. The van der Waals surface area contributed by atoms with Crippen molar-refractivity contribution in [3.63, 3.8) is 0 Å². The molecule has 7 heteroatoms. The Morgan fingerprint density at radius 3 is 2.78 bits per heavy atom. The van der Waals surface area contributed by atoms with E-state index < -0.39 is 0 Å². The summed E-state index contributed by atoms with van der Waals surface area (Å²) in [5.41, 5.74) is 1.85. The van der Waals surface area contributed by atoms with Crippen LogP contribution >= 0.6 is 0 Å². The number of rotatable bonds is 6. The maximum absolute atomic E-state index is 12.9. The monoisotopic (exact) mass is 372 g/mol. The van der Waals surface area contributed by atoms with Gasteiger partial charge in [0.1, 0.15) is 18.2 Å². The molecule has 2 saturated heterocycles. The van der Waals surface area contributed by atoms with Gasteiger partial charge in [-0.15, -0.1) is 0 Å². The summed E-state index contributed by atoms with van der Waals surface area (Å²) in [5, 5.41) is 7.41. The predicted molar refractivity (Wildman–Crippen MR) is 98.9 cm³/mol. The van der Waals surface area contributed by atoms with E-state index in [0.717, 1.165) is 44.0 Å². The molecule has 2 fully saturated rings. The van der Waals surface area contributed by atoms with Crippen molar-refractivity contribution < 1.29 is 13.9 Å². The topological polar surface area (TPSA) is 61.5 Å². The van der Waals surface area contributed by atoms with Crippen molar-refractivity contribution in [2.75, 3.05) is 32.7 Å². The van der Waals surface area contributed by atoms with E-state index in [1.54, 1.807) is 12.1 Å². The molecule has 4 rings (SSSR count). The molecule has 0 saturated carbocycles. The van der Waals surface area contributed by atoms with Gasteiger partial charge in [0.25, 0.3) is 0 Å². The number of halogens is 1. The van der Waals surface area contributed by atoms with Crippen molar-refractivity contribution in [2.45, 2.75) is 31.8 Å². The Bertz CT molecular complexity index is 771. The maximum atomic E-state index is 12.9. The largest absolute Gasteiger partial charge is 0.487 e. The third kappa shape index (κ3) is 4.47. The number of nitrogens with one attached hydrogen (secondary N) is 1. The van der Waals surface area contributed by atoms with E-state index in [-0.39, 0.29) is 17.6 Å². The highest BCUT2D eigenvalue weighted by molar-refractivity contribution is 5.78. The van der Waals surface area contributed by atoms with Crippen LogP contribution in [0.4, 0.5) is 4.39 Å². The Morgan fingerprint density at radius 2 is 2.00 bits per heavy atom. The molecule has 1 atom stereocenters. The van der Waals surface area contributed by atoms with Gasteiger partial charge in [-0.05, 0) is 62.7 Å². The predicted octanol–water partition coefficient (Wildman–Crippen LogP) is 2.54. The smallest absolute Gasteiger partial charge is 0.236 e. The summed E-state index contributed by atoms with van der Waals surface area (Å²) in [6.07, 6.45) is 3.34. The van der Waals surface area contributed by atoms with Crippen LogP contribution < -0.4 is 4.74 Å². The fourth-order valence-corrected chi connectivity index (χ4v) is 3.81. The van der Waals surface area contributed by atoms with Gasteiger partial charge in [0.2, 0.25) is 5.91 Å². The Kier molecular flexibility index (Phi) is 5.38. The third-order valence-corrected chi connectivity index (χ3v) is 5.38. The lowest BCUT2D eigenvalue weighted by atomic mass is 10.1. The summed E-state index contributed by atoms with van der Waals surface area (Å²) in [4.78, 5) is 16.7. The molecule has 0 bridgehead atoms. The van der Waals surface area contributed by atoms with Crippen LogP contribution in [0.3, 0.4) is 0 Å². The molecule has 144 valence electrons. The number of likely N-dealkylation sites (tertiary alicyclic amines) is 2. The minimum Gasteiger partial charge on any atom is -0.487 e. The molecule has 27 heavy (non-hydrogen) atoms. The van der Waals surface area contributed by atoms with E-state index >= 15 is 0 Å². The fraction of sp³-hybridized carbons (Fsp3) is 0.500. The number of nitrogens with zero attached hydrogens (tertiary/aromatic N) is 3. The Hall–Kier alpha value is -2.41. The van der Waals surface area contributed by atoms with Crippen molar-refractivity contribution in [1.82, 2.24) is 20.0 Å². The summed E-state index contributed by atoms with van der Waals surface area (Å²) in [6, 6.07) is 7.96. The number of ether oxygens (including phenoxy) is 1. The van der Waals surface area contributed by atoms with Crippen molar-refractivity contribution in [3.8, 4) is 5.75 Å². The molecule has 1 amide bonds. The van der Waals surface area contributed by atoms with Gasteiger partial charge in [0, 0.05) is 19.0 Å². The number of carbonyl (C=O) groups is 1. The van der Waals surface area contributed by atoms with E-state index in [1.165, 1.54) is 25.0 Å². The van der Waals surface area contributed by atoms with E-state index in [9.17, 15) is 9.18 Å². The van der Waals surface area contributed by atoms with Crippen molar-refractivity contribution in [1.29, 1.82) is 0 Å². The van der Waals surface area contributed by atoms with Crippen LogP contribution in [0.2, 0.25) is 0 Å². The van der Waals surface area contributed by atoms with Crippen LogP contribution in [0.15, 0.2) is 30.3 Å². The first kappa shape index (κ1) is 18.0. The Morgan fingerprint density at radius 1 is 1.22 bits per heavy atom. The van der Waals surface area contributed by atoms with Gasteiger partial charge in [-0.25, -0.2) is 4.39 Å². The molecule has 0 unspecified atom stereocenters. The van der Waals surface area contributed by atoms with E-state index in [4.69, 9.17) is 4.74 Å². The highest BCUT2D eigenvalue weighted by Crippen LogP contribution is 2.27. The first-order valence-electron chi connectivity index (χ1n) is 9.60. The van der Waals surface area contributed by atoms with Crippen molar-refractivity contribution in [2.24, 2.45) is 0 Å². The summed E-state index contributed by atoms with van der Waals surface area (Å²) in [5.74, 6) is 0.835. The molecule has 6 nitrogen and oxygen atoms in total. The molecule has 0 spiro atoms. The highest BCUT2D eigenvalue weighted by atomic mass is 19.1. The average Bonchev–Trinajstić information content (AvgIpc) is 3.42. The van der Waals surface area contributed by atoms with E-state index in [0.29, 0.717) is 18.9 Å². The molecule has 2 aromatic rings. The zero-order valence-electron chi connectivity index (χ0n) is 15.4. The molecule has 1 aromatic heterocycles. The van der Waals surface area contributed by atoms with Gasteiger partial charge >= 0.3 is 0 Å². The summed E-state index contributed by atoms with van der Waals surface area (Å²) in [7, 11) is 0. The minimum absolute atomic E-state index is 0.231. The summed E-state index contributed by atoms with van der Waals surface area (Å²) >= 11 is 0. The molecule has 1 N–H and O–H groups in total. The van der Waals surface area contributed by atoms with Gasteiger partial charge < -0.3 is 9.64 Å². The zero-order valence-corrected chi connectivity index (χ0v) is 15.4. The van der Waals surface area contributed by atoms with Crippen molar-refractivity contribution >= 4 is 5.91 Å². The fourth-order valence-electron chi connectivity index (χ4n) is 3.81. The molecule has 0 radical (unpaired) electrons. The highest BCUT2D eigenvalue weighted by Gasteiger charge is 2.30. The Balaban J connectivity index is 1.28. The quantitative estimate of drug-likeness (QED) is 0.847. The summed E-state index contributed by atoms with van der Waals surface area (Å²) < 4.78 is 18.6. The van der Waals surface area contributed by atoms with Gasteiger partial charge in [0.05, 0.1) is 17.9 Å². The number of H-pyrrole nitrogens is 1. The normalized spacial score (nSPS) is 20.3. The first-order chi connectivity index (χ1) is 13.2. The molecule has 2 aliphatic heterocycles. The van der Waals surface area contributed by atoms with Gasteiger partial charge in [-0.2, -0.15) is 5.10 Å². The summed E-state index contributed by atoms with van der Waals surface area (Å²) in [6.45, 7) is 4.51.